The summed E-state index contributed by atoms with van der Waals surface area (Å²) in [6.45, 7) is 0. The van der Waals surface area contributed by atoms with Gasteiger partial charge in [0.25, 0.3) is 0 Å². The molecule has 0 unspecified atom stereocenters. The second-order valence-electron chi connectivity index (χ2n) is 0.448. The molecule has 0 aliphatic carbocycles. The van der Waals surface area contributed by atoms with Crippen LogP contribution in [-0.2, 0) is 10.4 Å². The van der Waals surface area contributed by atoms with Crippen LogP contribution < -0.4 is 0 Å². The molecule has 0 spiro atoms. The molecule has 0 heterocycles. The van der Waals surface area contributed by atoms with Gasteiger partial charge in [-0.05, 0) is 0 Å². The van der Waals surface area contributed by atoms with Crippen molar-refractivity contribution >= 4 is 36.2 Å². The summed E-state index contributed by atoms with van der Waals surface area (Å²) in [5.74, 6) is 0. The van der Waals surface area contributed by atoms with E-state index in [0.29, 0.717) is 0 Å². The van der Waals surface area contributed by atoms with E-state index < -0.39 is 10.4 Å². The topological polar surface area (TPSA) is 358 Å². The third kappa shape index (κ3) is 15300. The fourth-order valence-electron chi connectivity index (χ4n) is 0. The fourth-order valence-corrected chi connectivity index (χ4v) is 0. The molecule has 0 aliphatic heterocycles. The molecule has 0 radical (unpaired) electrons. The summed E-state index contributed by atoms with van der Waals surface area (Å²) in [7, 11) is -4.67. The van der Waals surface area contributed by atoms with Crippen LogP contribution in [0.1, 0.15) is 0 Å². The molecule has 20 N–H and O–H groups in total. The molecule has 0 rings (SSSR count). The normalized spacial score (nSPS) is 3.87. The zero-order valence-corrected chi connectivity index (χ0v) is 7.44. The van der Waals surface area contributed by atoms with E-state index in [1.165, 1.54) is 0 Å². The van der Waals surface area contributed by atoms with Gasteiger partial charge in [0.1, 0.15) is 0 Å². The van der Waals surface area contributed by atoms with E-state index in [0.717, 1.165) is 0 Å². The molecular weight excluding hydrogens is 355 g/mol. The molecule has 15 heavy (non-hydrogen) atoms. The SMILES string of the molecule is O.O.O.O.O.O.O.O.O.O=S(=O)(O)O.[InH3]. The summed E-state index contributed by atoms with van der Waals surface area (Å²) in [4.78, 5) is 0. The Balaban J connectivity index is -0.00000000178. The number of rotatable bonds is 0. The Morgan fingerprint density at radius 2 is 0.533 bits per heavy atom. The first-order valence-electron chi connectivity index (χ1n) is 0.698. The quantitative estimate of drug-likeness (QED) is 0.387. The van der Waals surface area contributed by atoms with Crippen LogP contribution in [0.4, 0.5) is 0 Å². The van der Waals surface area contributed by atoms with Gasteiger partial charge in [0, 0.05) is 0 Å². The van der Waals surface area contributed by atoms with E-state index in [-0.39, 0.29) is 75.1 Å². The summed E-state index contributed by atoms with van der Waals surface area (Å²) >= 11 is 0. The Bertz CT molecular complexity index is 93.7. The van der Waals surface area contributed by atoms with Gasteiger partial charge in [0.2, 0.25) is 0 Å². The Kier molecular flexibility index (Phi) is 699. The Morgan fingerprint density at radius 3 is 0.533 bits per heavy atom. The molecule has 0 saturated carbocycles. The maximum atomic E-state index is 8.74. The van der Waals surface area contributed by atoms with Crippen molar-refractivity contribution in [2.24, 2.45) is 0 Å². The van der Waals surface area contributed by atoms with Gasteiger partial charge in [0.05, 0.1) is 0 Å². The van der Waals surface area contributed by atoms with Crippen LogP contribution in [0, 0.1) is 0 Å². The predicted molar refractivity (Wildman–Crippen MR) is 56.6 cm³/mol. The molecule has 13 nitrogen and oxygen atoms in total. The second kappa shape index (κ2) is 63.2. The molecule has 0 aliphatic rings. The van der Waals surface area contributed by atoms with Crippen LogP contribution in [0.3, 0.4) is 0 Å². The van der Waals surface area contributed by atoms with E-state index >= 15 is 0 Å². The monoisotopic (exact) mass is 378 g/mol. The Hall–Kier alpha value is 0.380. The zero-order chi connectivity index (χ0) is 4.50. The fraction of sp³-hybridized carbons (Fsp3) is 0. The molecule has 15 heteroatoms. The third-order valence-corrected chi connectivity index (χ3v) is 0. The molecule has 0 aromatic heterocycles. The Labute approximate surface area is 103 Å². The number of hydrogen-bond acceptors (Lipinski definition) is 2. The molecule has 0 aromatic carbocycles. The minimum atomic E-state index is -4.67. The predicted octanol–water partition coefficient (Wildman–Crippen LogP) is -9.26. The van der Waals surface area contributed by atoms with Gasteiger partial charge in [-0.2, -0.15) is 8.42 Å². The molecule has 0 atom stereocenters. The van der Waals surface area contributed by atoms with Crippen LogP contribution in [0.15, 0.2) is 0 Å². The minimum absolute atomic E-state index is 0. The van der Waals surface area contributed by atoms with Gasteiger partial charge in [-0.3, -0.25) is 9.11 Å². The molecule has 0 amide bonds. The summed E-state index contributed by atoms with van der Waals surface area (Å²) in [5.41, 5.74) is 0. The van der Waals surface area contributed by atoms with Crippen molar-refractivity contribution in [3.05, 3.63) is 0 Å². The van der Waals surface area contributed by atoms with Crippen LogP contribution in [0.2, 0.25) is 0 Å². The molecule has 0 bridgehead atoms. The van der Waals surface area contributed by atoms with E-state index in [9.17, 15) is 0 Å². The van der Waals surface area contributed by atoms with Crippen LogP contribution in [-0.4, -0.2) is 92.7 Å². The summed E-state index contributed by atoms with van der Waals surface area (Å²) < 4.78 is 31.6. The Morgan fingerprint density at radius 1 is 0.533 bits per heavy atom. The van der Waals surface area contributed by atoms with Crippen molar-refractivity contribution < 1.29 is 66.8 Å². The molecule has 0 fully saturated rings. The van der Waals surface area contributed by atoms with Crippen molar-refractivity contribution in [1.29, 1.82) is 0 Å². The molecule has 0 saturated heterocycles. The molecule has 0 aromatic rings. The van der Waals surface area contributed by atoms with E-state index in [1.54, 1.807) is 0 Å². The average Bonchev–Trinajstić information content (AvgIpc) is 0.722. The van der Waals surface area contributed by atoms with Crippen LogP contribution in [0.5, 0.6) is 0 Å². The van der Waals surface area contributed by atoms with Gasteiger partial charge in [-0.1, -0.05) is 0 Å². The van der Waals surface area contributed by atoms with E-state index in [2.05, 4.69) is 0 Å². The first kappa shape index (κ1) is 166. The maximum absolute atomic E-state index is 8.74. The van der Waals surface area contributed by atoms with Crippen molar-refractivity contribution in [2.45, 2.75) is 0 Å². The van der Waals surface area contributed by atoms with Gasteiger partial charge < -0.3 is 49.3 Å². The standard InChI is InChI=1S/In.H2O4S.9H2O.3H/c;1-5(2,3)4;;;;;;;;;;;;/h;(H2,1,2,3,4);9*1H2;;;. The third-order valence-electron chi connectivity index (χ3n) is 0. The van der Waals surface area contributed by atoms with Crippen LogP contribution in [0.25, 0.3) is 0 Å². The van der Waals surface area contributed by atoms with Crippen molar-refractivity contribution in [2.75, 3.05) is 0 Å². The number of hydrogen-bond donors (Lipinski definition) is 2. The summed E-state index contributed by atoms with van der Waals surface area (Å²) in [5, 5.41) is 0. The van der Waals surface area contributed by atoms with E-state index in [1.807, 2.05) is 0 Å². The summed E-state index contributed by atoms with van der Waals surface area (Å²) in [6, 6.07) is 0. The van der Waals surface area contributed by atoms with Gasteiger partial charge >= 0.3 is 36.2 Å². The van der Waals surface area contributed by atoms with Gasteiger partial charge in [-0.15, -0.1) is 0 Å². The first-order valence-corrected chi connectivity index (χ1v) is 2.10. The van der Waals surface area contributed by atoms with Gasteiger partial charge in [0.15, 0.2) is 0 Å². The van der Waals surface area contributed by atoms with E-state index in [4.69, 9.17) is 17.5 Å². The molecular formula is H23InO13S. The van der Waals surface area contributed by atoms with Crippen molar-refractivity contribution in [3.63, 3.8) is 0 Å². The van der Waals surface area contributed by atoms with Crippen molar-refractivity contribution in [3.8, 4) is 0 Å². The van der Waals surface area contributed by atoms with Crippen molar-refractivity contribution in [1.82, 2.24) is 0 Å². The zero-order valence-electron chi connectivity index (χ0n) is 6.62. The molecule has 110 valence electrons. The average molecular weight is 378 g/mol. The van der Waals surface area contributed by atoms with Crippen LogP contribution >= 0.6 is 0 Å². The summed E-state index contributed by atoms with van der Waals surface area (Å²) in [6.07, 6.45) is 0. The second-order valence-corrected chi connectivity index (χ2v) is 1.34. The first-order chi connectivity index (χ1) is 2.00. The van der Waals surface area contributed by atoms with Gasteiger partial charge in [-0.25, -0.2) is 0 Å².